The van der Waals surface area contributed by atoms with E-state index in [1.165, 1.54) is 12.4 Å². The molecule has 29 heavy (non-hydrogen) atoms. The highest BCUT2D eigenvalue weighted by atomic mass is 19.1. The van der Waals surface area contributed by atoms with Crippen LogP contribution in [0.1, 0.15) is 29.4 Å². The molecule has 5 rings (SSSR count). The van der Waals surface area contributed by atoms with Crippen LogP contribution >= 0.6 is 0 Å². The lowest BCUT2D eigenvalue weighted by Crippen LogP contribution is -2.36. The normalized spacial score (nSPS) is 26.5. The molecule has 2 aromatic heterocycles. The number of rotatable bonds is 3. The van der Waals surface area contributed by atoms with Crippen LogP contribution in [0.5, 0.6) is 0 Å². The summed E-state index contributed by atoms with van der Waals surface area (Å²) in [7, 11) is 0. The Kier molecular flexibility index (Phi) is 4.39. The molecular weight excluding hydrogens is 375 g/mol. The van der Waals surface area contributed by atoms with Crippen LogP contribution in [0.2, 0.25) is 0 Å². The molecule has 1 aromatic carbocycles. The van der Waals surface area contributed by atoms with Gasteiger partial charge in [0.2, 0.25) is 0 Å². The largest absolute Gasteiger partial charge is 0.391 e. The molecule has 0 radical (unpaired) electrons. The summed E-state index contributed by atoms with van der Waals surface area (Å²) in [4.78, 5) is 18.8. The molecule has 0 unspecified atom stereocenters. The Morgan fingerprint density at radius 3 is 2.76 bits per heavy atom. The van der Waals surface area contributed by atoms with Crippen molar-refractivity contribution >= 4 is 5.91 Å². The Morgan fingerprint density at radius 2 is 2.00 bits per heavy atom. The van der Waals surface area contributed by atoms with Gasteiger partial charge < -0.3 is 10.0 Å². The lowest BCUT2D eigenvalue weighted by atomic mass is 9.77. The SMILES string of the molecule is O=C(c1cc(-c2ccccc2F)n[nH]1)N1C[C@H]2C[C@@H](n3cncn3)[C@H](O)C[C@H]2C1. The Labute approximate surface area is 166 Å². The van der Waals surface area contributed by atoms with Gasteiger partial charge in [0.1, 0.15) is 24.2 Å². The smallest absolute Gasteiger partial charge is 0.271 e. The summed E-state index contributed by atoms with van der Waals surface area (Å²) < 4.78 is 15.7. The van der Waals surface area contributed by atoms with Crippen LogP contribution in [0.15, 0.2) is 43.0 Å². The monoisotopic (exact) mass is 396 g/mol. The van der Waals surface area contributed by atoms with Gasteiger partial charge in [-0.15, -0.1) is 0 Å². The topological polar surface area (TPSA) is 99.9 Å². The Hall–Kier alpha value is -3.07. The fraction of sp³-hybridized carbons (Fsp3) is 0.400. The number of aliphatic hydroxyl groups excluding tert-OH is 1. The number of fused-ring (bicyclic) bond motifs is 1. The lowest BCUT2D eigenvalue weighted by Gasteiger charge is -2.34. The summed E-state index contributed by atoms with van der Waals surface area (Å²) in [5, 5.41) is 21.6. The number of nitrogens with one attached hydrogen (secondary N) is 1. The van der Waals surface area contributed by atoms with E-state index >= 15 is 0 Å². The number of hydrogen-bond acceptors (Lipinski definition) is 5. The van der Waals surface area contributed by atoms with E-state index in [4.69, 9.17) is 0 Å². The van der Waals surface area contributed by atoms with E-state index in [0.29, 0.717) is 42.4 Å². The molecule has 3 heterocycles. The number of carbonyl (C=O) groups excluding carboxylic acids is 1. The number of aliphatic hydroxyl groups is 1. The summed E-state index contributed by atoms with van der Waals surface area (Å²) in [6, 6.07) is 7.83. The maximum Gasteiger partial charge on any atom is 0.271 e. The minimum Gasteiger partial charge on any atom is -0.391 e. The predicted octanol–water partition coefficient (Wildman–Crippen LogP) is 1.89. The first kappa shape index (κ1) is 18.0. The third-order valence-electron chi connectivity index (χ3n) is 6.13. The van der Waals surface area contributed by atoms with Crippen molar-refractivity contribution in [2.75, 3.05) is 13.1 Å². The quantitative estimate of drug-likeness (QED) is 0.704. The number of likely N-dealkylation sites (tertiary alicyclic amines) is 1. The van der Waals surface area contributed by atoms with E-state index in [9.17, 15) is 14.3 Å². The van der Waals surface area contributed by atoms with E-state index in [1.807, 2.05) is 0 Å². The number of benzene rings is 1. The Bertz CT molecular complexity index is 1020. The molecule has 8 nitrogen and oxygen atoms in total. The number of nitrogens with zero attached hydrogens (tertiary/aromatic N) is 5. The van der Waals surface area contributed by atoms with Gasteiger partial charge in [0.15, 0.2) is 0 Å². The van der Waals surface area contributed by atoms with Crippen LogP contribution in [0.4, 0.5) is 4.39 Å². The summed E-state index contributed by atoms with van der Waals surface area (Å²) in [6.45, 7) is 1.22. The van der Waals surface area contributed by atoms with E-state index in [-0.39, 0.29) is 23.7 Å². The third-order valence-corrected chi connectivity index (χ3v) is 6.13. The van der Waals surface area contributed by atoms with E-state index in [0.717, 1.165) is 6.42 Å². The Balaban J connectivity index is 1.31. The van der Waals surface area contributed by atoms with E-state index < -0.39 is 6.10 Å². The second kappa shape index (κ2) is 7.07. The standard InChI is InChI=1S/C20H21FN6O2/c21-15-4-2-1-3-14(15)16-7-17(25-24-16)20(29)26-8-12-5-18(27-11-22-10-23-27)19(28)6-13(12)9-26/h1-4,7,10-13,18-19,28H,5-6,8-9H2,(H,24,25)/t12-,13+,18-,19-/m1/s1. The fourth-order valence-corrected chi connectivity index (χ4v) is 4.65. The molecule has 1 saturated heterocycles. The van der Waals surface area contributed by atoms with Crippen LogP contribution in [-0.4, -0.2) is 60.1 Å². The number of H-pyrrole nitrogens is 1. The van der Waals surface area contributed by atoms with Crippen molar-refractivity contribution in [2.45, 2.75) is 25.0 Å². The van der Waals surface area contributed by atoms with Crippen molar-refractivity contribution in [3.63, 3.8) is 0 Å². The van der Waals surface area contributed by atoms with Crippen molar-refractivity contribution < 1.29 is 14.3 Å². The first-order valence-corrected chi connectivity index (χ1v) is 9.72. The summed E-state index contributed by atoms with van der Waals surface area (Å²) >= 11 is 0. The number of carbonyl (C=O) groups is 1. The van der Waals surface area contributed by atoms with Gasteiger partial charge in [0.25, 0.3) is 5.91 Å². The second-order valence-corrected chi connectivity index (χ2v) is 7.86. The minimum atomic E-state index is -0.507. The molecule has 1 amide bonds. The van der Waals surface area contributed by atoms with Crippen LogP contribution in [0.25, 0.3) is 11.3 Å². The van der Waals surface area contributed by atoms with Crippen molar-refractivity contribution in [1.82, 2.24) is 29.9 Å². The molecule has 0 bridgehead atoms. The number of aromatic amines is 1. The van der Waals surface area contributed by atoms with Crippen LogP contribution < -0.4 is 0 Å². The molecule has 150 valence electrons. The first-order chi connectivity index (χ1) is 14.1. The number of hydrogen-bond donors (Lipinski definition) is 2. The van der Waals surface area contributed by atoms with Gasteiger partial charge in [-0.2, -0.15) is 10.2 Å². The summed E-state index contributed by atoms with van der Waals surface area (Å²) in [6.07, 6.45) is 3.97. The zero-order valence-corrected chi connectivity index (χ0v) is 15.6. The molecule has 0 spiro atoms. The van der Waals surface area contributed by atoms with Crippen molar-refractivity contribution in [3.8, 4) is 11.3 Å². The molecule has 2 aliphatic rings. The molecule has 1 aliphatic heterocycles. The zero-order valence-electron chi connectivity index (χ0n) is 15.6. The third kappa shape index (κ3) is 3.21. The van der Waals surface area contributed by atoms with E-state index in [1.54, 1.807) is 40.2 Å². The number of amides is 1. The van der Waals surface area contributed by atoms with Crippen molar-refractivity contribution in [3.05, 3.63) is 54.5 Å². The summed E-state index contributed by atoms with van der Waals surface area (Å²) in [5.74, 6) is 0.0211. The van der Waals surface area contributed by atoms with Gasteiger partial charge in [0.05, 0.1) is 17.8 Å². The first-order valence-electron chi connectivity index (χ1n) is 9.72. The molecule has 1 saturated carbocycles. The van der Waals surface area contributed by atoms with E-state index in [2.05, 4.69) is 20.3 Å². The number of halogens is 1. The average molecular weight is 396 g/mol. The van der Waals surface area contributed by atoms with Gasteiger partial charge in [-0.25, -0.2) is 14.1 Å². The van der Waals surface area contributed by atoms with Gasteiger partial charge >= 0.3 is 0 Å². The molecule has 2 fully saturated rings. The Morgan fingerprint density at radius 1 is 1.21 bits per heavy atom. The minimum absolute atomic E-state index is 0.117. The highest BCUT2D eigenvalue weighted by Gasteiger charge is 2.44. The maximum absolute atomic E-state index is 14.0. The van der Waals surface area contributed by atoms with Crippen molar-refractivity contribution in [2.24, 2.45) is 11.8 Å². The maximum atomic E-state index is 14.0. The predicted molar refractivity (Wildman–Crippen MR) is 101 cm³/mol. The molecule has 9 heteroatoms. The molecule has 4 atom stereocenters. The van der Waals surface area contributed by atoms with Gasteiger partial charge in [0, 0.05) is 18.7 Å². The number of aromatic nitrogens is 5. The van der Waals surface area contributed by atoms with Gasteiger partial charge in [-0.05, 0) is 42.9 Å². The van der Waals surface area contributed by atoms with Gasteiger partial charge in [-0.3, -0.25) is 9.89 Å². The van der Waals surface area contributed by atoms with Gasteiger partial charge in [-0.1, -0.05) is 12.1 Å². The van der Waals surface area contributed by atoms with Crippen LogP contribution in [-0.2, 0) is 0 Å². The highest BCUT2D eigenvalue weighted by Crippen LogP contribution is 2.41. The average Bonchev–Trinajstić information content (AvgIpc) is 3.47. The molecular formula is C20H21FN6O2. The van der Waals surface area contributed by atoms with Crippen LogP contribution in [0, 0.1) is 17.7 Å². The summed E-state index contributed by atoms with van der Waals surface area (Å²) in [5.41, 5.74) is 1.11. The highest BCUT2D eigenvalue weighted by molar-refractivity contribution is 5.93. The molecule has 3 aromatic rings. The lowest BCUT2D eigenvalue weighted by molar-refractivity contribution is 0.0304. The van der Waals surface area contributed by atoms with Crippen LogP contribution in [0.3, 0.4) is 0 Å². The van der Waals surface area contributed by atoms with Crippen molar-refractivity contribution in [1.29, 1.82) is 0 Å². The fourth-order valence-electron chi connectivity index (χ4n) is 4.65. The molecule has 2 N–H and O–H groups in total. The zero-order chi connectivity index (χ0) is 20.0. The molecule has 1 aliphatic carbocycles. The second-order valence-electron chi connectivity index (χ2n) is 7.86.